The molecule has 7 heteroatoms. The summed E-state index contributed by atoms with van der Waals surface area (Å²) in [7, 11) is 8.85. The lowest BCUT2D eigenvalue weighted by molar-refractivity contribution is 0.00711. The molecular formula is C35H39FN2O4. The fourth-order valence-corrected chi connectivity index (χ4v) is 7.84. The number of methoxy groups -OCH3 is 3. The second-order valence-corrected chi connectivity index (χ2v) is 11.9. The molecule has 0 atom stereocenters. The Hall–Kier alpha value is -3.84. The highest BCUT2D eigenvalue weighted by Gasteiger charge is 2.54. The minimum atomic E-state index is -0.448. The number of carbonyl (C=O) groups excluding carboxylic acids is 1. The van der Waals surface area contributed by atoms with E-state index in [0.29, 0.717) is 29.4 Å². The first-order valence-electron chi connectivity index (χ1n) is 14.6. The molecule has 1 saturated carbocycles. The lowest BCUT2D eigenvalue weighted by Crippen LogP contribution is -2.60. The molecule has 1 fully saturated rings. The normalized spacial score (nSPS) is 23.2. The van der Waals surface area contributed by atoms with Crippen LogP contribution in [-0.2, 0) is 12.0 Å². The number of ether oxygens (including phenoxy) is 3. The maximum absolute atomic E-state index is 14.6. The topological polar surface area (TPSA) is 51.2 Å². The number of benzene rings is 3. The highest BCUT2D eigenvalue weighted by Crippen LogP contribution is 2.56. The van der Waals surface area contributed by atoms with E-state index >= 15 is 0 Å². The number of fused-ring (bicyclic) bond motifs is 3. The van der Waals surface area contributed by atoms with Gasteiger partial charge in [-0.15, -0.1) is 0 Å². The van der Waals surface area contributed by atoms with Crippen LogP contribution in [0.4, 0.5) is 4.39 Å². The maximum atomic E-state index is 14.6. The monoisotopic (exact) mass is 570 g/mol. The Morgan fingerprint density at radius 1 is 0.881 bits per heavy atom. The largest absolute Gasteiger partial charge is 0.493 e. The SMILES string of the molecule is COc1cc(C(=O)N2CCC3=C(Cc4ccccc43)C23CCC(c2cccc(F)c2)(N(C)C)CC3)cc(OC)c1OC. The lowest BCUT2D eigenvalue weighted by atomic mass is 9.63. The van der Waals surface area contributed by atoms with Gasteiger partial charge in [-0.3, -0.25) is 9.69 Å². The quantitative estimate of drug-likeness (QED) is 0.340. The van der Waals surface area contributed by atoms with E-state index in [1.165, 1.54) is 28.3 Å². The van der Waals surface area contributed by atoms with Crippen LogP contribution in [-0.4, -0.2) is 63.2 Å². The first-order chi connectivity index (χ1) is 20.3. The zero-order chi connectivity index (χ0) is 29.6. The zero-order valence-electron chi connectivity index (χ0n) is 25.1. The predicted molar refractivity (Wildman–Crippen MR) is 162 cm³/mol. The molecule has 3 aromatic carbocycles. The molecule has 0 N–H and O–H groups in total. The van der Waals surface area contributed by atoms with Crippen molar-refractivity contribution >= 4 is 11.5 Å². The number of rotatable bonds is 6. The van der Waals surface area contributed by atoms with Gasteiger partial charge in [-0.1, -0.05) is 36.4 Å². The fourth-order valence-electron chi connectivity index (χ4n) is 7.84. The van der Waals surface area contributed by atoms with Gasteiger partial charge in [0.2, 0.25) is 5.75 Å². The average Bonchev–Trinajstić information content (AvgIpc) is 3.40. The van der Waals surface area contributed by atoms with Gasteiger partial charge in [0.1, 0.15) is 5.82 Å². The molecule has 220 valence electrons. The number of carbonyl (C=O) groups is 1. The van der Waals surface area contributed by atoms with Crippen molar-refractivity contribution in [3.63, 3.8) is 0 Å². The molecule has 2 aliphatic carbocycles. The summed E-state index contributed by atoms with van der Waals surface area (Å²) in [6.07, 6.45) is 4.83. The summed E-state index contributed by atoms with van der Waals surface area (Å²) in [6.45, 7) is 0.623. The van der Waals surface area contributed by atoms with Crippen molar-refractivity contribution in [2.45, 2.75) is 49.6 Å². The summed E-state index contributed by atoms with van der Waals surface area (Å²) in [6, 6.07) is 19.2. The highest BCUT2D eigenvalue weighted by atomic mass is 19.1. The molecule has 3 aliphatic rings. The molecule has 1 aliphatic heterocycles. The van der Waals surface area contributed by atoms with E-state index in [4.69, 9.17) is 14.2 Å². The number of nitrogens with zero attached hydrogens (tertiary/aromatic N) is 2. The molecule has 42 heavy (non-hydrogen) atoms. The van der Waals surface area contributed by atoms with Gasteiger partial charge in [-0.2, -0.15) is 0 Å². The van der Waals surface area contributed by atoms with E-state index < -0.39 is 5.54 Å². The van der Waals surface area contributed by atoms with Gasteiger partial charge in [0.25, 0.3) is 5.91 Å². The van der Waals surface area contributed by atoms with Crippen LogP contribution in [0.25, 0.3) is 5.57 Å². The first kappa shape index (κ1) is 28.3. The van der Waals surface area contributed by atoms with Crippen LogP contribution in [0.2, 0.25) is 0 Å². The van der Waals surface area contributed by atoms with Crippen LogP contribution < -0.4 is 14.2 Å². The molecule has 0 unspecified atom stereocenters. The average molecular weight is 571 g/mol. The highest BCUT2D eigenvalue weighted by molar-refractivity contribution is 5.97. The van der Waals surface area contributed by atoms with Gasteiger partial charge < -0.3 is 19.1 Å². The van der Waals surface area contributed by atoms with Crippen molar-refractivity contribution in [2.75, 3.05) is 42.0 Å². The smallest absolute Gasteiger partial charge is 0.254 e. The third-order valence-electron chi connectivity index (χ3n) is 10.0. The zero-order valence-corrected chi connectivity index (χ0v) is 25.1. The van der Waals surface area contributed by atoms with Crippen molar-refractivity contribution in [1.29, 1.82) is 0 Å². The van der Waals surface area contributed by atoms with Gasteiger partial charge in [-0.05, 0) is 105 Å². The summed E-state index contributed by atoms with van der Waals surface area (Å²) in [4.78, 5) is 18.9. The summed E-state index contributed by atoms with van der Waals surface area (Å²) in [5.41, 5.74) is 6.14. The third kappa shape index (κ3) is 4.28. The third-order valence-corrected chi connectivity index (χ3v) is 10.0. The minimum absolute atomic E-state index is 0.0418. The molecular weight excluding hydrogens is 531 g/mol. The van der Waals surface area contributed by atoms with E-state index in [9.17, 15) is 9.18 Å². The summed E-state index contributed by atoms with van der Waals surface area (Å²) < 4.78 is 31.2. The Morgan fingerprint density at radius 2 is 1.57 bits per heavy atom. The predicted octanol–water partition coefficient (Wildman–Crippen LogP) is 6.48. The van der Waals surface area contributed by atoms with Crippen molar-refractivity contribution in [1.82, 2.24) is 9.80 Å². The Labute approximate surface area is 247 Å². The van der Waals surface area contributed by atoms with E-state index in [2.05, 4.69) is 48.2 Å². The Kier molecular flexibility index (Phi) is 7.26. The van der Waals surface area contributed by atoms with Crippen LogP contribution in [0.1, 0.15) is 59.2 Å². The molecule has 0 saturated heterocycles. The molecule has 0 radical (unpaired) electrons. The van der Waals surface area contributed by atoms with E-state index in [0.717, 1.165) is 44.1 Å². The molecule has 1 heterocycles. The lowest BCUT2D eigenvalue weighted by Gasteiger charge is -2.56. The number of halogens is 1. The van der Waals surface area contributed by atoms with Gasteiger partial charge >= 0.3 is 0 Å². The minimum Gasteiger partial charge on any atom is -0.493 e. The first-order valence-corrected chi connectivity index (χ1v) is 14.6. The molecule has 0 bridgehead atoms. The van der Waals surface area contributed by atoms with Crippen LogP contribution in [0.15, 0.2) is 66.2 Å². The van der Waals surface area contributed by atoms with Crippen LogP contribution in [0.5, 0.6) is 17.2 Å². The summed E-state index contributed by atoms with van der Waals surface area (Å²) >= 11 is 0. The van der Waals surface area contributed by atoms with Gasteiger partial charge in [0.15, 0.2) is 11.5 Å². The van der Waals surface area contributed by atoms with Crippen LogP contribution in [0.3, 0.4) is 0 Å². The van der Waals surface area contributed by atoms with E-state index in [1.54, 1.807) is 45.6 Å². The molecule has 3 aromatic rings. The fraction of sp³-hybridized carbons (Fsp3) is 0.400. The molecule has 6 rings (SSSR count). The van der Waals surface area contributed by atoms with Crippen LogP contribution in [0, 0.1) is 5.82 Å². The summed E-state index contributed by atoms with van der Waals surface area (Å²) in [5, 5.41) is 0. The number of hydrogen-bond donors (Lipinski definition) is 0. The van der Waals surface area contributed by atoms with Crippen molar-refractivity contribution < 1.29 is 23.4 Å². The molecule has 1 amide bonds. The summed E-state index contributed by atoms with van der Waals surface area (Å²) in [5.74, 6) is 1.12. The second kappa shape index (κ2) is 10.8. The van der Waals surface area contributed by atoms with E-state index in [1.807, 2.05) is 6.07 Å². The molecule has 1 spiro atoms. The second-order valence-electron chi connectivity index (χ2n) is 11.9. The molecule has 6 nitrogen and oxygen atoms in total. The van der Waals surface area contributed by atoms with Gasteiger partial charge in [-0.25, -0.2) is 4.39 Å². The standard InChI is InChI=1S/C35H39FN2O4/c1-37(2)34(25-10-8-11-26(36)22-25)14-16-35(17-15-34)29-19-23-9-6-7-12-27(23)28(29)13-18-38(35)33(39)24-20-30(40-3)32(42-5)31(21-24)41-4/h6-12,20-22H,13-19H2,1-5H3. The Morgan fingerprint density at radius 3 is 2.19 bits per heavy atom. The van der Waals surface area contributed by atoms with Gasteiger partial charge in [0, 0.05) is 17.6 Å². The van der Waals surface area contributed by atoms with Crippen molar-refractivity contribution in [3.8, 4) is 17.2 Å². The van der Waals surface area contributed by atoms with Crippen molar-refractivity contribution in [3.05, 3.63) is 94.3 Å². The van der Waals surface area contributed by atoms with Crippen molar-refractivity contribution in [2.24, 2.45) is 0 Å². The number of amides is 1. The maximum Gasteiger partial charge on any atom is 0.254 e. The molecule has 0 aromatic heterocycles. The Balaban J connectivity index is 1.44. The van der Waals surface area contributed by atoms with Crippen LogP contribution >= 0.6 is 0 Å². The van der Waals surface area contributed by atoms with E-state index in [-0.39, 0.29) is 17.3 Å². The van der Waals surface area contributed by atoms with Gasteiger partial charge in [0.05, 0.1) is 26.9 Å². The number of hydrogen-bond acceptors (Lipinski definition) is 5. The Bertz CT molecular complexity index is 1530.